The molecule has 0 aromatic heterocycles. The largest absolute Gasteiger partial charge is 0.384 e. The summed E-state index contributed by atoms with van der Waals surface area (Å²) in [6.07, 6.45) is -0.777. The Morgan fingerprint density at radius 1 is 0.952 bits per heavy atom. The molecule has 0 saturated heterocycles. The number of aliphatic hydroxyl groups excluding tert-OH is 1. The SMILES string of the molecule is Cc1ccc2ccccc2c1[C@H](O)c1ccc(Cl)cc1Cl. The molecule has 0 radical (unpaired) electrons. The number of fused-ring (bicyclic) bond motifs is 1. The molecule has 1 N–H and O–H groups in total. The van der Waals surface area contributed by atoms with E-state index in [9.17, 15) is 5.11 Å². The first-order chi connectivity index (χ1) is 10.1. The van der Waals surface area contributed by atoms with E-state index >= 15 is 0 Å². The van der Waals surface area contributed by atoms with Crippen molar-refractivity contribution in [1.82, 2.24) is 0 Å². The second-order valence-electron chi connectivity index (χ2n) is 5.09. The van der Waals surface area contributed by atoms with Gasteiger partial charge in [0.2, 0.25) is 0 Å². The quantitative estimate of drug-likeness (QED) is 0.658. The van der Waals surface area contributed by atoms with Gasteiger partial charge in [-0.1, -0.05) is 65.7 Å². The van der Waals surface area contributed by atoms with Gasteiger partial charge in [-0.15, -0.1) is 0 Å². The van der Waals surface area contributed by atoms with Gasteiger partial charge in [-0.3, -0.25) is 0 Å². The molecule has 0 aliphatic carbocycles. The number of halogens is 2. The highest BCUT2D eigenvalue weighted by atomic mass is 35.5. The summed E-state index contributed by atoms with van der Waals surface area (Å²) in [4.78, 5) is 0. The van der Waals surface area contributed by atoms with Crippen LogP contribution in [0, 0.1) is 6.92 Å². The number of aliphatic hydroxyl groups is 1. The van der Waals surface area contributed by atoms with Gasteiger partial charge in [0.1, 0.15) is 6.10 Å². The van der Waals surface area contributed by atoms with Gasteiger partial charge in [0.25, 0.3) is 0 Å². The summed E-state index contributed by atoms with van der Waals surface area (Å²) < 4.78 is 0. The summed E-state index contributed by atoms with van der Waals surface area (Å²) >= 11 is 12.2. The number of benzene rings is 3. The van der Waals surface area contributed by atoms with Gasteiger partial charge in [-0.2, -0.15) is 0 Å². The Kier molecular flexibility index (Phi) is 3.90. The van der Waals surface area contributed by atoms with Crippen LogP contribution in [0.5, 0.6) is 0 Å². The molecule has 3 rings (SSSR count). The zero-order chi connectivity index (χ0) is 15.0. The van der Waals surface area contributed by atoms with Crippen molar-refractivity contribution >= 4 is 34.0 Å². The molecule has 0 aliphatic rings. The maximum Gasteiger partial charge on any atom is 0.106 e. The van der Waals surface area contributed by atoms with E-state index in [1.807, 2.05) is 37.3 Å². The first-order valence-electron chi connectivity index (χ1n) is 6.69. The number of aryl methyl sites for hydroxylation is 1. The molecule has 0 spiro atoms. The molecule has 106 valence electrons. The van der Waals surface area contributed by atoms with E-state index in [0.29, 0.717) is 15.6 Å². The number of hydrogen-bond acceptors (Lipinski definition) is 1. The standard InChI is InChI=1S/C18H14Cl2O/c1-11-6-7-12-4-2-3-5-14(12)17(11)18(21)15-9-8-13(19)10-16(15)20/h2-10,18,21H,1H3/t18-/m1/s1. The highest BCUT2D eigenvalue weighted by Gasteiger charge is 2.18. The van der Waals surface area contributed by atoms with Crippen molar-refractivity contribution in [2.24, 2.45) is 0 Å². The van der Waals surface area contributed by atoms with Crippen molar-refractivity contribution in [3.8, 4) is 0 Å². The molecule has 1 atom stereocenters. The van der Waals surface area contributed by atoms with Gasteiger partial charge in [0.15, 0.2) is 0 Å². The van der Waals surface area contributed by atoms with Gasteiger partial charge >= 0.3 is 0 Å². The Bertz CT molecular complexity index is 811. The van der Waals surface area contributed by atoms with Crippen LogP contribution in [0.1, 0.15) is 22.8 Å². The van der Waals surface area contributed by atoms with Crippen LogP contribution in [-0.2, 0) is 0 Å². The van der Waals surface area contributed by atoms with Crippen LogP contribution in [-0.4, -0.2) is 5.11 Å². The molecule has 0 saturated carbocycles. The van der Waals surface area contributed by atoms with Crippen molar-refractivity contribution in [2.75, 3.05) is 0 Å². The number of hydrogen-bond donors (Lipinski definition) is 1. The van der Waals surface area contributed by atoms with Crippen LogP contribution >= 0.6 is 23.2 Å². The van der Waals surface area contributed by atoms with Gasteiger partial charge in [0, 0.05) is 15.6 Å². The molecule has 0 unspecified atom stereocenters. The average molecular weight is 317 g/mol. The van der Waals surface area contributed by atoms with Crippen LogP contribution in [0.15, 0.2) is 54.6 Å². The van der Waals surface area contributed by atoms with E-state index in [4.69, 9.17) is 23.2 Å². The summed E-state index contributed by atoms with van der Waals surface area (Å²) in [6, 6.07) is 17.3. The lowest BCUT2D eigenvalue weighted by molar-refractivity contribution is 0.221. The van der Waals surface area contributed by atoms with E-state index in [1.165, 1.54) is 0 Å². The van der Waals surface area contributed by atoms with E-state index < -0.39 is 6.10 Å². The molecular weight excluding hydrogens is 303 g/mol. The molecule has 3 heteroatoms. The molecular formula is C18H14Cl2O. The fourth-order valence-corrected chi connectivity index (χ4v) is 3.16. The zero-order valence-corrected chi connectivity index (χ0v) is 13.0. The second kappa shape index (κ2) is 5.69. The lowest BCUT2D eigenvalue weighted by Gasteiger charge is -2.18. The monoisotopic (exact) mass is 316 g/mol. The fourth-order valence-electron chi connectivity index (χ4n) is 2.65. The van der Waals surface area contributed by atoms with E-state index in [1.54, 1.807) is 18.2 Å². The molecule has 1 nitrogen and oxygen atoms in total. The molecule has 0 heterocycles. The number of rotatable bonds is 2. The van der Waals surface area contributed by atoms with Crippen LogP contribution < -0.4 is 0 Å². The fraction of sp³-hybridized carbons (Fsp3) is 0.111. The Morgan fingerprint density at radius 3 is 2.48 bits per heavy atom. The summed E-state index contributed by atoms with van der Waals surface area (Å²) in [5, 5.41) is 14.0. The predicted octanol–water partition coefficient (Wildman–Crippen LogP) is 5.54. The van der Waals surface area contributed by atoms with Gasteiger partial charge in [0.05, 0.1) is 0 Å². The van der Waals surface area contributed by atoms with Crippen LogP contribution in [0.4, 0.5) is 0 Å². The Balaban J connectivity index is 2.21. The third-order valence-electron chi connectivity index (χ3n) is 3.72. The predicted molar refractivity (Wildman–Crippen MR) is 89.2 cm³/mol. The molecule has 0 aliphatic heterocycles. The smallest absolute Gasteiger partial charge is 0.106 e. The topological polar surface area (TPSA) is 20.2 Å². The second-order valence-corrected chi connectivity index (χ2v) is 5.93. The van der Waals surface area contributed by atoms with Crippen LogP contribution in [0.2, 0.25) is 10.0 Å². The van der Waals surface area contributed by atoms with Crippen molar-refractivity contribution < 1.29 is 5.11 Å². The van der Waals surface area contributed by atoms with Crippen molar-refractivity contribution in [3.05, 3.63) is 81.3 Å². The third-order valence-corrected chi connectivity index (χ3v) is 4.28. The first-order valence-corrected chi connectivity index (χ1v) is 7.45. The zero-order valence-electron chi connectivity index (χ0n) is 11.5. The van der Waals surface area contributed by atoms with Crippen molar-refractivity contribution in [3.63, 3.8) is 0 Å². The van der Waals surface area contributed by atoms with Gasteiger partial charge in [-0.05, 0) is 41.0 Å². The average Bonchev–Trinajstić information content (AvgIpc) is 2.46. The normalized spacial score (nSPS) is 12.6. The maximum absolute atomic E-state index is 10.8. The van der Waals surface area contributed by atoms with E-state index in [0.717, 1.165) is 21.9 Å². The van der Waals surface area contributed by atoms with Crippen molar-refractivity contribution in [2.45, 2.75) is 13.0 Å². The molecule has 21 heavy (non-hydrogen) atoms. The lowest BCUT2D eigenvalue weighted by Crippen LogP contribution is -2.04. The summed E-state index contributed by atoms with van der Waals surface area (Å²) in [5.74, 6) is 0. The Morgan fingerprint density at radius 2 is 1.71 bits per heavy atom. The minimum Gasteiger partial charge on any atom is -0.384 e. The minimum atomic E-state index is -0.777. The summed E-state index contributed by atoms with van der Waals surface area (Å²) in [6.45, 7) is 1.99. The van der Waals surface area contributed by atoms with Crippen molar-refractivity contribution in [1.29, 1.82) is 0 Å². The molecule has 3 aromatic rings. The van der Waals surface area contributed by atoms with Crippen LogP contribution in [0.3, 0.4) is 0 Å². The molecule has 0 fully saturated rings. The molecule has 0 amide bonds. The van der Waals surface area contributed by atoms with E-state index in [2.05, 4.69) is 6.07 Å². The summed E-state index contributed by atoms with van der Waals surface area (Å²) in [5.41, 5.74) is 2.59. The maximum atomic E-state index is 10.8. The van der Waals surface area contributed by atoms with Gasteiger partial charge in [-0.25, -0.2) is 0 Å². The first kappa shape index (κ1) is 14.4. The Hall–Kier alpha value is -1.54. The highest BCUT2D eigenvalue weighted by molar-refractivity contribution is 6.35. The van der Waals surface area contributed by atoms with Gasteiger partial charge < -0.3 is 5.11 Å². The molecule has 0 bridgehead atoms. The minimum absolute atomic E-state index is 0.474. The van der Waals surface area contributed by atoms with Crippen LogP contribution in [0.25, 0.3) is 10.8 Å². The third kappa shape index (κ3) is 2.65. The van der Waals surface area contributed by atoms with E-state index in [-0.39, 0.29) is 0 Å². The lowest BCUT2D eigenvalue weighted by atomic mass is 9.92. The Labute approximate surface area is 133 Å². The molecule has 3 aromatic carbocycles. The highest BCUT2D eigenvalue weighted by Crippen LogP contribution is 2.35. The summed E-state index contributed by atoms with van der Waals surface area (Å²) in [7, 11) is 0.